The quantitative estimate of drug-likeness (QED) is 0.684. The van der Waals surface area contributed by atoms with E-state index in [0.29, 0.717) is 11.5 Å². The van der Waals surface area contributed by atoms with Gasteiger partial charge >= 0.3 is 5.76 Å². The van der Waals surface area contributed by atoms with Crippen LogP contribution in [0, 0.1) is 0 Å². The molecule has 0 N–H and O–H groups in total. The molecule has 1 heterocycles. The lowest BCUT2D eigenvalue weighted by atomic mass is 10.1. The highest BCUT2D eigenvalue weighted by Crippen LogP contribution is 2.31. The second kappa shape index (κ2) is 5.85. The summed E-state index contributed by atoms with van der Waals surface area (Å²) in [5.41, 5.74) is 3.18. The molecular formula is C18H16N2O2. The van der Waals surface area contributed by atoms with Crippen molar-refractivity contribution in [3.63, 3.8) is 0 Å². The van der Waals surface area contributed by atoms with E-state index >= 15 is 0 Å². The average molecular weight is 292 g/mol. The smallest absolute Gasteiger partial charge is 0.406 e. The normalized spacial score (nSPS) is 10.5. The summed E-state index contributed by atoms with van der Waals surface area (Å²) in [7, 11) is 0. The molecule has 0 aliphatic heterocycles. The van der Waals surface area contributed by atoms with Crippen molar-refractivity contribution < 1.29 is 4.42 Å². The highest BCUT2D eigenvalue weighted by atomic mass is 16.4. The molecule has 3 rings (SSSR count). The highest BCUT2D eigenvalue weighted by molar-refractivity contribution is 5.81. The lowest BCUT2D eigenvalue weighted by molar-refractivity contribution is 0.503. The molecule has 4 heteroatoms. The molecule has 22 heavy (non-hydrogen) atoms. The standard InChI is InChI=1S/C18H16N2O2/c1-13(2)19-20-16(14-9-5-3-6-10-14)17(22-18(20)21)15-11-7-4-8-12-15/h3-12H,1-2H3. The van der Waals surface area contributed by atoms with E-state index in [-0.39, 0.29) is 0 Å². The van der Waals surface area contributed by atoms with Crippen LogP contribution in [0.1, 0.15) is 13.8 Å². The van der Waals surface area contributed by atoms with Crippen molar-refractivity contribution in [2.24, 2.45) is 5.10 Å². The van der Waals surface area contributed by atoms with E-state index in [9.17, 15) is 4.79 Å². The Kier molecular flexibility index (Phi) is 3.74. The van der Waals surface area contributed by atoms with Crippen LogP contribution >= 0.6 is 0 Å². The van der Waals surface area contributed by atoms with Crippen LogP contribution in [0.3, 0.4) is 0 Å². The van der Waals surface area contributed by atoms with Gasteiger partial charge in [-0.15, -0.1) is 0 Å². The van der Waals surface area contributed by atoms with Crippen molar-refractivity contribution >= 4 is 5.71 Å². The van der Waals surface area contributed by atoms with E-state index < -0.39 is 5.76 Å². The summed E-state index contributed by atoms with van der Waals surface area (Å²) in [5.74, 6) is 0.0423. The van der Waals surface area contributed by atoms with Gasteiger partial charge in [0.2, 0.25) is 0 Å². The Bertz CT molecular complexity index is 855. The summed E-state index contributed by atoms with van der Waals surface area (Å²) < 4.78 is 6.81. The monoisotopic (exact) mass is 292 g/mol. The van der Waals surface area contributed by atoms with Crippen LogP contribution in [0.25, 0.3) is 22.6 Å². The molecule has 110 valence electrons. The molecule has 0 aliphatic rings. The zero-order valence-corrected chi connectivity index (χ0v) is 12.5. The third kappa shape index (κ3) is 2.63. The Labute approximate surface area is 128 Å². The third-order valence-electron chi connectivity index (χ3n) is 3.17. The van der Waals surface area contributed by atoms with Crippen molar-refractivity contribution in [2.45, 2.75) is 13.8 Å². The Morgan fingerprint density at radius 2 is 1.45 bits per heavy atom. The topological polar surface area (TPSA) is 47.5 Å². The lowest BCUT2D eigenvalue weighted by Gasteiger charge is -2.05. The molecule has 0 spiro atoms. The first-order chi connectivity index (χ1) is 10.7. The van der Waals surface area contributed by atoms with Gasteiger partial charge in [-0.3, -0.25) is 0 Å². The summed E-state index contributed by atoms with van der Waals surface area (Å²) >= 11 is 0. The van der Waals surface area contributed by atoms with Crippen LogP contribution in [0.2, 0.25) is 0 Å². The number of hydrogen-bond donors (Lipinski definition) is 0. The minimum atomic E-state index is -0.487. The molecule has 0 saturated heterocycles. The first kappa shape index (κ1) is 14.1. The van der Waals surface area contributed by atoms with Gasteiger partial charge in [0.25, 0.3) is 0 Å². The molecule has 2 aromatic carbocycles. The Hall–Kier alpha value is -2.88. The van der Waals surface area contributed by atoms with Crippen LogP contribution in [0.15, 0.2) is 75.0 Å². The van der Waals surface area contributed by atoms with Crippen LogP contribution in [-0.2, 0) is 0 Å². The van der Waals surface area contributed by atoms with Crippen molar-refractivity contribution in [1.29, 1.82) is 0 Å². The van der Waals surface area contributed by atoms with Crippen LogP contribution in [0.4, 0.5) is 0 Å². The zero-order chi connectivity index (χ0) is 15.5. The maximum absolute atomic E-state index is 12.2. The van der Waals surface area contributed by atoms with Gasteiger partial charge in [0.15, 0.2) is 5.76 Å². The molecule has 4 nitrogen and oxygen atoms in total. The molecular weight excluding hydrogens is 276 g/mol. The Morgan fingerprint density at radius 1 is 0.909 bits per heavy atom. The first-order valence-corrected chi connectivity index (χ1v) is 7.05. The van der Waals surface area contributed by atoms with Gasteiger partial charge in [-0.2, -0.15) is 9.78 Å². The maximum Gasteiger partial charge on any atom is 0.440 e. The molecule has 0 saturated carbocycles. The van der Waals surface area contributed by atoms with Gasteiger partial charge in [0.05, 0.1) is 0 Å². The molecule has 0 unspecified atom stereocenters. The SMILES string of the molecule is CC(C)=Nn1c(-c2ccccc2)c(-c2ccccc2)oc1=O. The molecule has 3 aromatic rings. The number of nitrogens with zero attached hydrogens (tertiary/aromatic N) is 2. The van der Waals surface area contributed by atoms with Gasteiger partial charge < -0.3 is 4.42 Å². The summed E-state index contributed by atoms with van der Waals surface area (Å²) in [5, 5.41) is 4.31. The number of hydrogen-bond acceptors (Lipinski definition) is 3. The minimum absolute atomic E-state index is 0.487. The Balaban J connectivity index is 2.33. The summed E-state index contributed by atoms with van der Waals surface area (Å²) in [6.07, 6.45) is 0. The van der Waals surface area contributed by atoms with Crippen molar-refractivity contribution in [1.82, 2.24) is 4.68 Å². The van der Waals surface area contributed by atoms with Crippen molar-refractivity contribution in [3.05, 3.63) is 71.2 Å². The minimum Gasteiger partial charge on any atom is -0.406 e. The van der Waals surface area contributed by atoms with E-state index in [2.05, 4.69) is 5.10 Å². The molecule has 0 radical (unpaired) electrons. The predicted molar refractivity (Wildman–Crippen MR) is 88.0 cm³/mol. The number of oxazole rings is 1. The Morgan fingerprint density at radius 3 is 2.00 bits per heavy atom. The maximum atomic E-state index is 12.2. The van der Waals surface area contributed by atoms with Crippen molar-refractivity contribution in [2.75, 3.05) is 0 Å². The molecule has 0 bridgehead atoms. The van der Waals surface area contributed by atoms with E-state index in [1.165, 1.54) is 4.68 Å². The van der Waals surface area contributed by atoms with Gasteiger partial charge in [-0.25, -0.2) is 4.79 Å². The number of benzene rings is 2. The fourth-order valence-electron chi connectivity index (χ4n) is 2.29. The van der Waals surface area contributed by atoms with Crippen LogP contribution in [0.5, 0.6) is 0 Å². The van der Waals surface area contributed by atoms with Gasteiger partial charge in [-0.1, -0.05) is 60.7 Å². The molecule has 0 fully saturated rings. The van der Waals surface area contributed by atoms with E-state index in [1.54, 1.807) is 0 Å². The number of aromatic nitrogens is 1. The van der Waals surface area contributed by atoms with Gasteiger partial charge in [0, 0.05) is 16.8 Å². The lowest BCUT2D eigenvalue weighted by Crippen LogP contribution is -2.11. The van der Waals surface area contributed by atoms with Crippen LogP contribution in [-0.4, -0.2) is 10.4 Å². The zero-order valence-electron chi connectivity index (χ0n) is 12.5. The van der Waals surface area contributed by atoms with E-state index in [0.717, 1.165) is 16.8 Å². The fourth-order valence-corrected chi connectivity index (χ4v) is 2.29. The molecule has 0 aliphatic carbocycles. The van der Waals surface area contributed by atoms with E-state index in [4.69, 9.17) is 4.42 Å². The summed E-state index contributed by atoms with van der Waals surface area (Å²) in [4.78, 5) is 12.2. The summed E-state index contributed by atoms with van der Waals surface area (Å²) in [6.45, 7) is 3.69. The molecule has 1 aromatic heterocycles. The second-order valence-corrected chi connectivity index (χ2v) is 5.14. The van der Waals surface area contributed by atoms with E-state index in [1.807, 2.05) is 74.5 Å². The summed E-state index contributed by atoms with van der Waals surface area (Å²) in [6, 6.07) is 19.2. The first-order valence-electron chi connectivity index (χ1n) is 7.05. The van der Waals surface area contributed by atoms with Gasteiger partial charge in [-0.05, 0) is 13.8 Å². The predicted octanol–water partition coefficient (Wildman–Crippen LogP) is 4.02. The third-order valence-corrected chi connectivity index (χ3v) is 3.17. The van der Waals surface area contributed by atoms with Gasteiger partial charge in [0.1, 0.15) is 5.69 Å². The highest BCUT2D eigenvalue weighted by Gasteiger charge is 2.19. The molecule has 0 atom stereocenters. The molecule has 0 amide bonds. The average Bonchev–Trinajstić information content (AvgIpc) is 2.85. The fraction of sp³-hybridized carbons (Fsp3) is 0.111. The largest absolute Gasteiger partial charge is 0.440 e. The van der Waals surface area contributed by atoms with Crippen LogP contribution < -0.4 is 5.76 Å². The second-order valence-electron chi connectivity index (χ2n) is 5.14. The van der Waals surface area contributed by atoms with Crippen molar-refractivity contribution in [3.8, 4) is 22.6 Å². The number of rotatable bonds is 3.